The van der Waals surface area contributed by atoms with E-state index < -0.39 is 5.97 Å². The number of fused-ring (bicyclic) bond motifs is 1. The summed E-state index contributed by atoms with van der Waals surface area (Å²) in [6.45, 7) is 0. The topological polar surface area (TPSA) is 113 Å². The number of hydrogen-bond donors (Lipinski definition) is 3. The summed E-state index contributed by atoms with van der Waals surface area (Å²) in [5, 5.41) is 20.8. The maximum atomic E-state index is 11.0. The molecular weight excluding hydrogens is 284 g/mol. The molecule has 0 atom stereocenters. The Bertz CT molecular complexity index is 899. The summed E-state index contributed by atoms with van der Waals surface area (Å²) in [4.78, 5) is 15.4. The highest BCUT2D eigenvalue weighted by Crippen LogP contribution is 2.24. The van der Waals surface area contributed by atoms with Gasteiger partial charge in [-0.15, -0.1) is 0 Å². The molecule has 7 heteroatoms. The number of nitrogens with zero attached hydrogens (tertiary/aromatic N) is 3. The van der Waals surface area contributed by atoms with Crippen LogP contribution in [0.2, 0.25) is 0 Å². The molecule has 0 amide bonds. The molecule has 22 heavy (non-hydrogen) atoms. The maximum Gasteiger partial charge on any atom is 0.335 e. The molecule has 0 radical (unpaired) electrons. The Morgan fingerprint density at radius 3 is 2.86 bits per heavy atom. The minimum atomic E-state index is -1.01. The first-order valence-corrected chi connectivity index (χ1v) is 6.38. The van der Waals surface area contributed by atoms with Crippen molar-refractivity contribution in [3.63, 3.8) is 0 Å². The number of benzene rings is 1. The molecule has 0 spiro atoms. The molecule has 3 aromatic rings. The molecule has 0 aliphatic heterocycles. The second-order valence-corrected chi connectivity index (χ2v) is 4.70. The zero-order valence-corrected chi connectivity index (χ0v) is 11.3. The second-order valence-electron chi connectivity index (χ2n) is 4.70. The van der Waals surface area contributed by atoms with Gasteiger partial charge in [0, 0.05) is 29.2 Å². The Morgan fingerprint density at radius 2 is 2.14 bits per heavy atom. The number of imidazole rings is 1. The van der Waals surface area contributed by atoms with E-state index in [1.165, 1.54) is 18.3 Å². The van der Waals surface area contributed by atoms with Gasteiger partial charge in [-0.25, -0.2) is 9.78 Å². The lowest BCUT2D eigenvalue weighted by Gasteiger charge is -2.03. The number of aromatic carboxylic acids is 1. The first-order chi connectivity index (χ1) is 10.6. The van der Waals surface area contributed by atoms with Crippen LogP contribution in [-0.2, 0) is 0 Å². The number of nitrogens with two attached hydrogens (primary N) is 1. The molecule has 1 aromatic carbocycles. The van der Waals surface area contributed by atoms with Crippen LogP contribution in [0.4, 0.5) is 5.69 Å². The van der Waals surface area contributed by atoms with Gasteiger partial charge in [-0.3, -0.25) is 0 Å². The van der Waals surface area contributed by atoms with E-state index in [2.05, 4.69) is 10.1 Å². The Labute approximate surface area is 124 Å². The largest absolute Gasteiger partial charge is 0.478 e. The quantitative estimate of drug-likeness (QED) is 0.296. The van der Waals surface area contributed by atoms with E-state index in [-0.39, 0.29) is 5.56 Å². The molecule has 7 nitrogen and oxygen atoms in total. The van der Waals surface area contributed by atoms with Crippen LogP contribution in [0.15, 0.2) is 47.9 Å². The van der Waals surface area contributed by atoms with Crippen molar-refractivity contribution in [1.82, 2.24) is 9.38 Å². The summed E-state index contributed by atoms with van der Waals surface area (Å²) in [6.07, 6.45) is 4.67. The Balaban J connectivity index is 2.16. The first kappa shape index (κ1) is 13.6. The fraction of sp³-hybridized carbons (Fsp3) is 0. The monoisotopic (exact) mass is 296 g/mol. The summed E-state index contributed by atoms with van der Waals surface area (Å²) in [7, 11) is 0. The molecule has 4 N–H and O–H groups in total. The van der Waals surface area contributed by atoms with Crippen LogP contribution in [0.25, 0.3) is 16.9 Å². The van der Waals surface area contributed by atoms with E-state index >= 15 is 0 Å². The number of pyridine rings is 1. The fourth-order valence-corrected chi connectivity index (χ4v) is 2.23. The van der Waals surface area contributed by atoms with Crippen molar-refractivity contribution in [3.05, 3.63) is 53.9 Å². The Kier molecular flexibility index (Phi) is 3.23. The number of carboxylic acid groups (broad SMARTS) is 1. The van der Waals surface area contributed by atoms with E-state index in [4.69, 9.17) is 16.0 Å². The number of aromatic nitrogens is 2. The maximum absolute atomic E-state index is 11.0. The molecule has 2 heterocycles. The number of carboxylic acids is 1. The third kappa shape index (κ3) is 2.35. The van der Waals surface area contributed by atoms with Gasteiger partial charge in [0.05, 0.1) is 17.5 Å². The number of anilines is 1. The van der Waals surface area contributed by atoms with Gasteiger partial charge in [0.1, 0.15) is 5.65 Å². The lowest BCUT2D eigenvalue weighted by atomic mass is 10.1. The van der Waals surface area contributed by atoms with Crippen LogP contribution in [0.3, 0.4) is 0 Å². The van der Waals surface area contributed by atoms with E-state index in [0.717, 1.165) is 5.56 Å². The molecule has 0 saturated carbocycles. The highest BCUT2D eigenvalue weighted by atomic mass is 16.4. The van der Waals surface area contributed by atoms with Crippen molar-refractivity contribution in [1.29, 1.82) is 0 Å². The van der Waals surface area contributed by atoms with E-state index in [1.54, 1.807) is 35.0 Å². The SMILES string of the molecule is Nc1ccc(-c2cn3ccc(C(=O)O)cc3n2)c(/C=N\O)c1. The summed E-state index contributed by atoms with van der Waals surface area (Å²) < 4.78 is 1.72. The summed E-state index contributed by atoms with van der Waals surface area (Å²) >= 11 is 0. The third-order valence-electron chi connectivity index (χ3n) is 3.26. The van der Waals surface area contributed by atoms with Crippen molar-refractivity contribution < 1.29 is 15.1 Å². The fourth-order valence-electron chi connectivity index (χ4n) is 2.23. The average Bonchev–Trinajstić information content (AvgIpc) is 2.90. The zero-order chi connectivity index (χ0) is 15.7. The predicted molar refractivity (Wildman–Crippen MR) is 81.4 cm³/mol. The molecule has 2 aromatic heterocycles. The highest BCUT2D eigenvalue weighted by molar-refractivity contribution is 5.91. The van der Waals surface area contributed by atoms with Crippen molar-refractivity contribution in [3.8, 4) is 11.3 Å². The minimum Gasteiger partial charge on any atom is -0.478 e. The zero-order valence-electron chi connectivity index (χ0n) is 11.3. The normalized spacial score (nSPS) is 11.3. The third-order valence-corrected chi connectivity index (χ3v) is 3.26. The van der Waals surface area contributed by atoms with Crippen LogP contribution in [0.1, 0.15) is 15.9 Å². The van der Waals surface area contributed by atoms with Crippen LogP contribution in [-0.4, -0.2) is 31.9 Å². The number of oxime groups is 1. The van der Waals surface area contributed by atoms with E-state index in [1.807, 2.05) is 0 Å². The van der Waals surface area contributed by atoms with Crippen LogP contribution in [0, 0.1) is 0 Å². The van der Waals surface area contributed by atoms with E-state index in [9.17, 15) is 4.79 Å². The van der Waals surface area contributed by atoms with Crippen LogP contribution >= 0.6 is 0 Å². The standard InChI is InChI=1S/C15H12N4O3/c16-11-1-2-12(10(5-11)7-17-22)13-8-19-4-3-9(15(20)21)6-14(19)18-13/h1-8,22H,16H2,(H,20,21)/b17-7-. The van der Waals surface area contributed by atoms with Gasteiger partial charge in [0.2, 0.25) is 0 Å². The minimum absolute atomic E-state index is 0.166. The smallest absolute Gasteiger partial charge is 0.335 e. The van der Waals surface area contributed by atoms with Gasteiger partial charge in [-0.1, -0.05) is 11.2 Å². The molecule has 0 saturated heterocycles. The number of carbonyl (C=O) groups is 1. The average molecular weight is 296 g/mol. The highest BCUT2D eigenvalue weighted by Gasteiger charge is 2.11. The molecule has 110 valence electrons. The van der Waals surface area contributed by atoms with Gasteiger partial charge >= 0.3 is 5.97 Å². The molecular formula is C15H12N4O3. The van der Waals surface area contributed by atoms with Crippen molar-refractivity contribution in [2.45, 2.75) is 0 Å². The second kappa shape index (κ2) is 5.21. The van der Waals surface area contributed by atoms with Crippen molar-refractivity contribution in [2.24, 2.45) is 5.16 Å². The van der Waals surface area contributed by atoms with Gasteiger partial charge in [0.15, 0.2) is 0 Å². The van der Waals surface area contributed by atoms with Gasteiger partial charge in [-0.2, -0.15) is 0 Å². The number of rotatable bonds is 3. The lowest BCUT2D eigenvalue weighted by molar-refractivity contribution is 0.0697. The number of hydrogen-bond acceptors (Lipinski definition) is 5. The van der Waals surface area contributed by atoms with Gasteiger partial charge < -0.3 is 20.4 Å². The van der Waals surface area contributed by atoms with Crippen LogP contribution < -0.4 is 5.73 Å². The molecule has 0 unspecified atom stereocenters. The summed E-state index contributed by atoms with van der Waals surface area (Å²) in [5.41, 5.74) is 8.91. The first-order valence-electron chi connectivity index (χ1n) is 6.38. The Hall–Kier alpha value is -3.35. The van der Waals surface area contributed by atoms with E-state index in [0.29, 0.717) is 22.6 Å². The molecule has 0 aliphatic carbocycles. The van der Waals surface area contributed by atoms with Crippen molar-refractivity contribution >= 4 is 23.5 Å². The number of nitrogen functional groups attached to an aromatic ring is 1. The Morgan fingerprint density at radius 1 is 1.32 bits per heavy atom. The predicted octanol–water partition coefficient (Wildman–Crippen LogP) is 2.09. The molecule has 0 fully saturated rings. The molecule has 0 aliphatic rings. The van der Waals surface area contributed by atoms with Crippen molar-refractivity contribution in [2.75, 3.05) is 5.73 Å². The lowest BCUT2D eigenvalue weighted by Crippen LogP contribution is -1.96. The summed E-state index contributed by atoms with van der Waals surface area (Å²) in [6, 6.07) is 8.15. The van der Waals surface area contributed by atoms with Gasteiger partial charge in [-0.05, 0) is 24.3 Å². The molecule has 3 rings (SSSR count). The summed E-state index contributed by atoms with van der Waals surface area (Å²) in [5.74, 6) is -1.01. The van der Waals surface area contributed by atoms with Crippen LogP contribution in [0.5, 0.6) is 0 Å². The van der Waals surface area contributed by atoms with Gasteiger partial charge in [0.25, 0.3) is 0 Å². The molecule has 0 bridgehead atoms.